The van der Waals surface area contributed by atoms with Gasteiger partial charge in [0, 0.05) is 63.3 Å². The first-order valence-corrected chi connectivity index (χ1v) is 17.0. The number of hydrogen-bond acceptors (Lipinski definition) is 9. The van der Waals surface area contributed by atoms with Crippen molar-refractivity contribution in [1.82, 2.24) is 30.1 Å². The number of ether oxygens (including phenoxy) is 2. The number of halogens is 3. The Labute approximate surface area is 299 Å². The molecule has 52 heavy (non-hydrogen) atoms. The molecule has 0 radical (unpaired) electrons. The zero-order valence-electron chi connectivity index (χ0n) is 29.5. The zero-order valence-corrected chi connectivity index (χ0v) is 29.5. The number of benzene rings is 2. The minimum absolute atomic E-state index is 0.0289. The second kappa shape index (κ2) is 14.7. The Morgan fingerprint density at radius 1 is 1.21 bits per heavy atom. The van der Waals surface area contributed by atoms with Crippen molar-refractivity contribution in [2.24, 2.45) is 0 Å². The number of aromatic nitrogens is 3. The molecular formula is C38H40F3N7O4. The molecule has 2 aliphatic rings. The number of hydrogen-bond donors (Lipinski definition) is 1. The molecule has 3 atom stereocenters. The van der Waals surface area contributed by atoms with Gasteiger partial charge in [-0.3, -0.25) is 14.7 Å². The Balaban J connectivity index is 1.53. The van der Waals surface area contributed by atoms with Gasteiger partial charge in [-0.25, -0.2) is 18.0 Å². The Morgan fingerprint density at radius 3 is 2.69 bits per heavy atom. The summed E-state index contributed by atoms with van der Waals surface area (Å²) >= 11 is 0. The van der Waals surface area contributed by atoms with Crippen molar-refractivity contribution >= 4 is 39.5 Å². The van der Waals surface area contributed by atoms with Crippen LogP contribution in [0.2, 0.25) is 0 Å². The number of anilines is 1. The van der Waals surface area contributed by atoms with Gasteiger partial charge in [0.1, 0.15) is 41.4 Å². The van der Waals surface area contributed by atoms with Crippen LogP contribution in [0.25, 0.3) is 32.9 Å². The highest BCUT2D eigenvalue weighted by atomic mass is 19.1. The quantitative estimate of drug-likeness (QED) is 0.183. The summed E-state index contributed by atoms with van der Waals surface area (Å²) in [6.07, 6.45) is 9.21. The van der Waals surface area contributed by atoms with Crippen LogP contribution in [-0.4, -0.2) is 102 Å². The summed E-state index contributed by atoms with van der Waals surface area (Å²) in [6.45, 7) is 6.60. The monoisotopic (exact) mass is 715 g/mol. The average Bonchev–Trinajstić information content (AvgIpc) is 3.23. The summed E-state index contributed by atoms with van der Waals surface area (Å²) in [7, 11) is 4.83. The van der Waals surface area contributed by atoms with Crippen molar-refractivity contribution in [1.29, 1.82) is 0 Å². The smallest absolute Gasteiger partial charge is 0.414 e. The highest BCUT2D eigenvalue weighted by Crippen LogP contribution is 2.40. The molecule has 272 valence electrons. The van der Waals surface area contributed by atoms with Crippen LogP contribution in [0.5, 0.6) is 11.8 Å². The number of likely N-dealkylation sites (tertiary alicyclic amines) is 1. The van der Waals surface area contributed by atoms with Gasteiger partial charge < -0.3 is 24.6 Å². The van der Waals surface area contributed by atoms with Crippen LogP contribution in [0, 0.1) is 24.0 Å². The van der Waals surface area contributed by atoms with E-state index in [-0.39, 0.29) is 76.4 Å². The van der Waals surface area contributed by atoms with Gasteiger partial charge in [0.15, 0.2) is 5.82 Å². The second-order valence-corrected chi connectivity index (χ2v) is 13.7. The van der Waals surface area contributed by atoms with Crippen LogP contribution < -0.4 is 19.7 Å². The molecule has 2 fully saturated rings. The fourth-order valence-electron chi connectivity index (χ4n) is 6.82. The number of nitrogens with one attached hydrogen (secondary N) is 1. The summed E-state index contributed by atoms with van der Waals surface area (Å²) in [5.74, 6) is 0.868. The van der Waals surface area contributed by atoms with Crippen molar-refractivity contribution in [3.05, 3.63) is 60.3 Å². The Bertz CT molecular complexity index is 2110. The average molecular weight is 716 g/mol. The second-order valence-electron chi connectivity index (χ2n) is 13.7. The lowest BCUT2D eigenvalue weighted by Gasteiger charge is -2.31. The molecule has 2 aliphatic heterocycles. The van der Waals surface area contributed by atoms with E-state index in [0.717, 1.165) is 12.8 Å². The van der Waals surface area contributed by atoms with Crippen LogP contribution in [0.4, 0.5) is 23.8 Å². The van der Waals surface area contributed by atoms with E-state index in [1.165, 1.54) is 55.5 Å². The van der Waals surface area contributed by atoms with E-state index in [2.05, 4.69) is 27.8 Å². The molecule has 2 aromatic heterocycles. The van der Waals surface area contributed by atoms with Crippen molar-refractivity contribution in [3.8, 4) is 35.4 Å². The molecule has 2 saturated heterocycles. The molecule has 4 aromatic rings. The van der Waals surface area contributed by atoms with Crippen molar-refractivity contribution in [2.45, 2.75) is 50.4 Å². The number of rotatable bonds is 8. The standard InChI is InChI=1S/C38H40F3N7O4/c1-7-26-29(40)13-12-22-15-25(52-37(50)46(4)5)16-27(31(22)26)33-32(41)34-28(18-42-33)35(48-14-10-9-11-24(20-48)43-30(49)8-2)45-36(44-34)51-21-38(3)17-23(39)19-47(38)6/h1,8,12-13,15-16,18,23-24H,2,9-11,14,17,19-21H2,3-6H3,(H,43,49)/t23-,24?,38+/m1/s1. The third-order valence-corrected chi connectivity index (χ3v) is 9.72. The molecule has 0 saturated carbocycles. The molecule has 11 nitrogen and oxygen atoms in total. The predicted molar refractivity (Wildman–Crippen MR) is 192 cm³/mol. The Hall–Kier alpha value is -5.42. The largest absolute Gasteiger partial charge is 0.461 e. The van der Waals surface area contributed by atoms with E-state index in [1.54, 1.807) is 0 Å². The normalized spacial score (nSPS) is 20.7. The highest BCUT2D eigenvalue weighted by Gasteiger charge is 2.41. The zero-order chi connectivity index (χ0) is 37.3. The molecule has 0 bridgehead atoms. The number of carbonyl (C=O) groups excluding carboxylic acids is 2. The van der Waals surface area contributed by atoms with E-state index in [0.29, 0.717) is 30.7 Å². The van der Waals surface area contributed by atoms with Gasteiger partial charge in [-0.2, -0.15) is 9.97 Å². The number of amides is 2. The highest BCUT2D eigenvalue weighted by molar-refractivity contribution is 6.03. The van der Waals surface area contributed by atoms with Crippen LogP contribution in [-0.2, 0) is 4.79 Å². The molecule has 6 rings (SSSR count). The minimum Gasteiger partial charge on any atom is -0.461 e. The van der Waals surface area contributed by atoms with E-state index in [9.17, 15) is 14.0 Å². The molecular weight excluding hydrogens is 675 g/mol. The minimum atomic E-state index is -1.03. The molecule has 14 heteroatoms. The number of likely N-dealkylation sites (N-methyl/N-ethyl adjacent to an activating group) is 1. The Kier molecular flexibility index (Phi) is 10.3. The van der Waals surface area contributed by atoms with Crippen molar-refractivity contribution in [3.63, 3.8) is 0 Å². The lowest BCUT2D eigenvalue weighted by molar-refractivity contribution is -0.117. The fraction of sp³-hybridized carbons (Fsp3) is 0.395. The lowest BCUT2D eigenvalue weighted by atomic mass is 9.95. The number of fused-ring (bicyclic) bond motifs is 2. The molecule has 4 heterocycles. The van der Waals surface area contributed by atoms with Crippen LogP contribution in [0.15, 0.2) is 43.1 Å². The third-order valence-electron chi connectivity index (χ3n) is 9.72. The summed E-state index contributed by atoms with van der Waals surface area (Å²) < 4.78 is 58.3. The van der Waals surface area contributed by atoms with Crippen LogP contribution in [0.1, 0.15) is 38.2 Å². The van der Waals surface area contributed by atoms with E-state index < -0.39 is 29.4 Å². The number of nitrogens with zero attached hydrogens (tertiary/aromatic N) is 6. The van der Waals surface area contributed by atoms with Gasteiger partial charge in [0.2, 0.25) is 5.91 Å². The van der Waals surface area contributed by atoms with Crippen molar-refractivity contribution < 1.29 is 32.2 Å². The number of alkyl halides is 1. The molecule has 0 spiro atoms. The maximum Gasteiger partial charge on any atom is 0.414 e. The molecule has 0 aliphatic carbocycles. The van der Waals surface area contributed by atoms with Gasteiger partial charge in [0.05, 0.1) is 16.5 Å². The number of terminal acetylenes is 1. The summed E-state index contributed by atoms with van der Waals surface area (Å²) in [4.78, 5) is 43.5. The topological polar surface area (TPSA) is 113 Å². The van der Waals surface area contributed by atoms with Crippen LogP contribution in [0.3, 0.4) is 0 Å². The summed E-state index contributed by atoms with van der Waals surface area (Å²) in [5, 5.41) is 3.80. The number of carbonyl (C=O) groups is 2. The molecule has 2 amide bonds. The SMILES string of the molecule is C#Cc1c(F)ccc2cc(OC(=O)N(C)C)cc(-c3ncc4c(N5CCCCC(NC(=O)C=C)C5)nc(OC[C@]5(C)C[C@@H](F)CN5C)nc4c3F)c12. The lowest BCUT2D eigenvalue weighted by Crippen LogP contribution is -2.43. The van der Waals surface area contributed by atoms with Gasteiger partial charge in [-0.1, -0.05) is 18.6 Å². The summed E-state index contributed by atoms with van der Waals surface area (Å²) in [5.41, 5.74) is -1.08. The van der Waals surface area contributed by atoms with Gasteiger partial charge in [-0.15, -0.1) is 6.42 Å². The van der Waals surface area contributed by atoms with Gasteiger partial charge in [-0.05, 0) is 62.9 Å². The van der Waals surface area contributed by atoms with Gasteiger partial charge >= 0.3 is 12.1 Å². The fourth-order valence-corrected chi connectivity index (χ4v) is 6.82. The first kappa shape index (κ1) is 36.4. The first-order chi connectivity index (χ1) is 24.8. The predicted octanol–water partition coefficient (Wildman–Crippen LogP) is 5.64. The first-order valence-electron chi connectivity index (χ1n) is 17.0. The summed E-state index contributed by atoms with van der Waals surface area (Å²) in [6, 6.07) is 5.15. The van der Waals surface area contributed by atoms with E-state index in [4.69, 9.17) is 20.9 Å². The molecule has 1 N–H and O–H groups in total. The maximum absolute atomic E-state index is 17.2. The molecule has 2 aromatic carbocycles. The maximum atomic E-state index is 17.2. The number of pyridine rings is 1. The van der Waals surface area contributed by atoms with Crippen molar-refractivity contribution in [2.75, 3.05) is 52.3 Å². The van der Waals surface area contributed by atoms with Crippen LogP contribution >= 0.6 is 0 Å². The van der Waals surface area contributed by atoms with E-state index in [1.807, 2.05) is 23.8 Å². The van der Waals surface area contributed by atoms with E-state index >= 15 is 8.78 Å². The van der Waals surface area contributed by atoms with Gasteiger partial charge in [0.25, 0.3) is 0 Å². The molecule has 1 unspecified atom stereocenters. The third kappa shape index (κ3) is 7.18. The Morgan fingerprint density at radius 2 is 2.00 bits per heavy atom.